The second-order valence-corrected chi connectivity index (χ2v) is 6.46. The Morgan fingerprint density at radius 3 is 2.65 bits per heavy atom. The van der Waals surface area contributed by atoms with Gasteiger partial charge in [-0.05, 0) is 50.6 Å². The van der Waals surface area contributed by atoms with Gasteiger partial charge in [-0.15, -0.1) is 11.3 Å². The Hall–Kier alpha value is -1.81. The van der Waals surface area contributed by atoms with Crippen LogP contribution in [0.5, 0.6) is 5.75 Å². The molecule has 0 saturated carbocycles. The maximum Gasteiger partial charge on any atom is 0.251 e. The number of carbonyl (C=O) groups excluding carboxylic acids is 1. The molecule has 0 saturated heterocycles. The number of benzene rings is 1. The molecule has 106 valence electrons. The summed E-state index contributed by atoms with van der Waals surface area (Å²) in [6.07, 6.45) is 0.822. The molecule has 1 atom stereocenters. The molecule has 3 nitrogen and oxygen atoms in total. The summed E-state index contributed by atoms with van der Waals surface area (Å²) in [6.45, 7) is 5.87. The number of phenolic OH excluding ortho intramolecular Hbond substituents is 1. The molecule has 1 aromatic carbocycles. The van der Waals surface area contributed by atoms with Crippen molar-refractivity contribution in [3.05, 3.63) is 51.2 Å². The molecular formula is C16H19NO2S. The van der Waals surface area contributed by atoms with Crippen molar-refractivity contribution in [3.8, 4) is 5.75 Å². The van der Waals surface area contributed by atoms with Crippen LogP contribution in [0, 0.1) is 13.8 Å². The van der Waals surface area contributed by atoms with E-state index in [4.69, 9.17) is 0 Å². The zero-order valence-corrected chi connectivity index (χ0v) is 12.8. The number of aryl methyl sites for hydroxylation is 2. The predicted octanol–water partition coefficient (Wildman–Crippen LogP) is 3.43. The van der Waals surface area contributed by atoms with E-state index in [-0.39, 0.29) is 17.7 Å². The highest BCUT2D eigenvalue weighted by Gasteiger charge is 2.12. The van der Waals surface area contributed by atoms with Gasteiger partial charge in [0.25, 0.3) is 5.91 Å². The van der Waals surface area contributed by atoms with Gasteiger partial charge < -0.3 is 10.4 Å². The highest BCUT2D eigenvalue weighted by atomic mass is 32.1. The van der Waals surface area contributed by atoms with E-state index in [0.29, 0.717) is 5.56 Å². The summed E-state index contributed by atoms with van der Waals surface area (Å²) < 4.78 is 0. The van der Waals surface area contributed by atoms with E-state index in [0.717, 1.165) is 12.0 Å². The van der Waals surface area contributed by atoms with Crippen LogP contribution in [0.3, 0.4) is 0 Å². The lowest BCUT2D eigenvalue weighted by Crippen LogP contribution is -2.33. The predicted molar refractivity (Wildman–Crippen MR) is 82.5 cm³/mol. The van der Waals surface area contributed by atoms with E-state index >= 15 is 0 Å². The van der Waals surface area contributed by atoms with Crippen LogP contribution in [0.1, 0.15) is 32.6 Å². The van der Waals surface area contributed by atoms with Crippen LogP contribution in [0.25, 0.3) is 0 Å². The third-order valence-electron chi connectivity index (χ3n) is 3.15. The fourth-order valence-corrected chi connectivity index (χ4v) is 3.02. The zero-order chi connectivity index (χ0) is 14.7. The van der Waals surface area contributed by atoms with Crippen LogP contribution in [0.15, 0.2) is 30.3 Å². The molecule has 0 aliphatic rings. The average Bonchev–Trinajstić information content (AvgIpc) is 2.77. The quantitative estimate of drug-likeness (QED) is 0.906. The molecule has 1 amide bonds. The monoisotopic (exact) mass is 289 g/mol. The van der Waals surface area contributed by atoms with E-state index in [1.807, 2.05) is 6.92 Å². The lowest BCUT2D eigenvalue weighted by Gasteiger charge is -2.13. The number of amides is 1. The van der Waals surface area contributed by atoms with Crippen LogP contribution in [-0.4, -0.2) is 17.1 Å². The minimum Gasteiger partial charge on any atom is -0.508 e. The molecule has 0 bridgehead atoms. The standard InChI is InChI=1S/C16H19NO2S/c1-10-4-6-13(9-15(10)18)16(19)17-11(2)8-14-7-5-12(3)20-14/h4-7,9,11,18H,8H2,1-3H3,(H,17,19). The second-order valence-electron chi connectivity index (χ2n) is 5.09. The van der Waals surface area contributed by atoms with Crippen molar-refractivity contribution in [1.29, 1.82) is 0 Å². The van der Waals surface area contributed by atoms with Gasteiger partial charge in [0, 0.05) is 27.8 Å². The number of phenols is 1. The summed E-state index contributed by atoms with van der Waals surface area (Å²) in [5.41, 5.74) is 1.26. The normalized spacial score (nSPS) is 12.2. The van der Waals surface area contributed by atoms with Gasteiger partial charge in [-0.1, -0.05) is 6.07 Å². The minimum absolute atomic E-state index is 0.0593. The Morgan fingerprint density at radius 2 is 2.05 bits per heavy atom. The van der Waals surface area contributed by atoms with Crippen LogP contribution in [0.2, 0.25) is 0 Å². The van der Waals surface area contributed by atoms with Gasteiger partial charge in [-0.2, -0.15) is 0 Å². The average molecular weight is 289 g/mol. The molecule has 2 N–H and O–H groups in total. The number of nitrogens with one attached hydrogen (secondary N) is 1. The van der Waals surface area contributed by atoms with Crippen LogP contribution in [0.4, 0.5) is 0 Å². The molecule has 2 rings (SSSR count). The maximum absolute atomic E-state index is 12.1. The van der Waals surface area contributed by atoms with E-state index in [1.165, 1.54) is 15.8 Å². The first-order valence-corrected chi connectivity index (χ1v) is 7.43. The summed E-state index contributed by atoms with van der Waals surface area (Å²) in [4.78, 5) is 14.6. The zero-order valence-electron chi connectivity index (χ0n) is 11.9. The van der Waals surface area contributed by atoms with Crippen LogP contribution >= 0.6 is 11.3 Å². The van der Waals surface area contributed by atoms with Crippen molar-refractivity contribution >= 4 is 17.2 Å². The van der Waals surface area contributed by atoms with Gasteiger partial charge in [-0.3, -0.25) is 4.79 Å². The first-order chi connectivity index (χ1) is 9.45. The van der Waals surface area contributed by atoms with E-state index < -0.39 is 0 Å². The molecule has 0 radical (unpaired) electrons. The van der Waals surface area contributed by atoms with Crippen molar-refractivity contribution in [3.63, 3.8) is 0 Å². The Kier molecular flexibility index (Phi) is 4.45. The minimum atomic E-state index is -0.152. The molecule has 0 aliphatic heterocycles. The number of hydrogen-bond donors (Lipinski definition) is 2. The second kappa shape index (κ2) is 6.09. The molecular weight excluding hydrogens is 270 g/mol. The largest absolute Gasteiger partial charge is 0.508 e. The number of hydrogen-bond acceptors (Lipinski definition) is 3. The van der Waals surface area contributed by atoms with Crippen molar-refractivity contribution < 1.29 is 9.90 Å². The van der Waals surface area contributed by atoms with Crippen molar-refractivity contribution in [2.75, 3.05) is 0 Å². The van der Waals surface area contributed by atoms with Crippen molar-refractivity contribution in [1.82, 2.24) is 5.32 Å². The maximum atomic E-state index is 12.1. The lowest BCUT2D eigenvalue weighted by molar-refractivity contribution is 0.0940. The molecule has 0 fully saturated rings. The van der Waals surface area contributed by atoms with E-state index in [2.05, 4.69) is 24.4 Å². The van der Waals surface area contributed by atoms with Gasteiger partial charge in [0.2, 0.25) is 0 Å². The Labute approximate surface area is 123 Å². The molecule has 20 heavy (non-hydrogen) atoms. The Bertz CT molecular complexity index is 619. The molecule has 1 unspecified atom stereocenters. The fourth-order valence-electron chi connectivity index (χ4n) is 2.01. The third kappa shape index (κ3) is 3.61. The van der Waals surface area contributed by atoms with Crippen LogP contribution < -0.4 is 5.32 Å². The lowest BCUT2D eigenvalue weighted by atomic mass is 10.1. The summed E-state index contributed by atoms with van der Waals surface area (Å²) in [6, 6.07) is 9.23. The molecule has 1 aromatic heterocycles. The van der Waals surface area contributed by atoms with Crippen molar-refractivity contribution in [2.45, 2.75) is 33.2 Å². The summed E-state index contributed by atoms with van der Waals surface area (Å²) in [5.74, 6) is 0.000243. The topological polar surface area (TPSA) is 49.3 Å². The van der Waals surface area contributed by atoms with Gasteiger partial charge in [0.05, 0.1) is 0 Å². The third-order valence-corrected chi connectivity index (χ3v) is 4.18. The number of aromatic hydroxyl groups is 1. The molecule has 0 aliphatic carbocycles. The molecule has 1 heterocycles. The molecule has 0 spiro atoms. The number of rotatable bonds is 4. The Balaban J connectivity index is 1.98. The first-order valence-electron chi connectivity index (χ1n) is 6.61. The first kappa shape index (κ1) is 14.6. The highest BCUT2D eigenvalue weighted by molar-refractivity contribution is 7.11. The van der Waals surface area contributed by atoms with Gasteiger partial charge in [0.1, 0.15) is 5.75 Å². The van der Waals surface area contributed by atoms with Gasteiger partial charge >= 0.3 is 0 Å². The SMILES string of the molecule is Cc1ccc(CC(C)NC(=O)c2ccc(C)c(O)c2)s1. The number of carbonyl (C=O) groups is 1. The van der Waals surface area contributed by atoms with E-state index in [9.17, 15) is 9.90 Å². The van der Waals surface area contributed by atoms with Gasteiger partial charge in [0.15, 0.2) is 0 Å². The Morgan fingerprint density at radius 1 is 1.30 bits per heavy atom. The van der Waals surface area contributed by atoms with E-state index in [1.54, 1.807) is 30.4 Å². The fraction of sp³-hybridized carbons (Fsp3) is 0.312. The summed E-state index contributed by atoms with van der Waals surface area (Å²) in [5, 5.41) is 12.6. The summed E-state index contributed by atoms with van der Waals surface area (Å²) >= 11 is 1.75. The number of thiophene rings is 1. The highest BCUT2D eigenvalue weighted by Crippen LogP contribution is 2.19. The summed E-state index contributed by atoms with van der Waals surface area (Å²) in [7, 11) is 0. The van der Waals surface area contributed by atoms with Crippen LogP contribution in [-0.2, 0) is 6.42 Å². The smallest absolute Gasteiger partial charge is 0.251 e. The molecule has 4 heteroatoms. The van der Waals surface area contributed by atoms with Gasteiger partial charge in [-0.25, -0.2) is 0 Å². The molecule has 2 aromatic rings. The van der Waals surface area contributed by atoms with Crippen molar-refractivity contribution in [2.24, 2.45) is 0 Å².